The highest BCUT2D eigenvalue weighted by molar-refractivity contribution is 5.75. The molecule has 0 radical (unpaired) electrons. The maximum atomic E-state index is 12.9. The Morgan fingerprint density at radius 3 is 2.65 bits per heavy atom. The standard InChI is InChI=1S/C22H28N2O2/c1-15-8-11-21(16(2)12-15)17(3)23-22(25)24(19-9-10-19)14-18-6-5-7-20(13-18)26-4/h5-8,11-13,17,19H,9-10,14H2,1-4H3,(H,23,25). The van der Waals surface area contributed by atoms with Gasteiger partial charge in [0.25, 0.3) is 0 Å². The maximum Gasteiger partial charge on any atom is 0.318 e. The van der Waals surface area contributed by atoms with Gasteiger partial charge in [-0.15, -0.1) is 0 Å². The summed E-state index contributed by atoms with van der Waals surface area (Å²) in [5.41, 5.74) is 4.71. The summed E-state index contributed by atoms with van der Waals surface area (Å²) in [6.07, 6.45) is 2.16. The predicted octanol–water partition coefficient (Wildman–Crippen LogP) is 4.75. The van der Waals surface area contributed by atoms with Crippen LogP contribution in [-0.4, -0.2) is 24.1 Å². The topological polar surface area (TPSA) is 41.6 Å². The highest BCUT2D eigenvalue weighted by Crippen LogP contribution is 2.29. The number of urea groups is 1. The number of hydrogen-bond acceptors (Lipinski definition) is 2. The molecule has 4 heteroatoms. The van der Waals surface area contributed by atoms with Crippen LogP contribution >= 0.6 is 0 Å². The fraction of sp³-hybridized carbons (Fsp3) is 0.409. The fourth-order valence-electron chi connectivity index (χ4n) is 3.38. The smallest absolute Gasteiger partial charge is 0.318 e. The number of rotatable bonds is 6. The quantitative estimate of drug-likeness (QED) is 0.815. The van der Waals surface area contributed by atoms with Crippen molar-refractivity contribution in [3.05, 3.63) is 64.7 Å². The minimum atomic E-state index is -0.0188. The molecular formula is C22H28N2O2. The number of hydrogen-bond donors (Lipinski definition) is 1. The van der Waals surface area contributed by atoms with Gasteiger partial charge in [0.1, 0.15) is 5.75 Å². The van der Waals surface area contributed by atoms with Crippen LogP contribution in [0.2, 0.25) is 0 Å². The molecule has 0 heterocycles. The van der Waals surface area contributed by atoms with E-state index in [0.29, 0.717) is 12.6 Å². The van der Waals surface area contributed by atoms with Crippen molar-refractivity contribution in [2.45, 2.75) is 52.2 Å². The molecule has 1 N–H and O–H groups in total. The lowest BCUT2D eigenvalue weighted by atomic mass is 10.0. The van der Waals surface area contributed by atoms with Gasteiger partial charge in [-0.25, -0.2) is 4.79 Å². The summed E-state index contributed by atoms with van der Waals surface area (Å²) in [5, 5.41) is 3.18. The Hall–Kier alpha value is -2.49. The first kappa shape index (κ1) is 18.3. The molecule has 1 fully saturated rings. The Kier molecular flexibility index (Phi) is 5.50. The molecule has 1 saturated carbocycles. The molecule has 0 saturated heterocycles. The molecule has 26 heavy (non-hydrogen) atoms. The van der Waals surface area contributed by atoms with Crippen molar-refractivity contribution in [1.29, 1.82) is 0 Å². The third kappa shape index (κ3) is 4.37. The molecule has 0 bridgehead atoms. The van der Waals surface area contributed by atoms with Gasteiger partial charge in [-0.05, 0) is 62.4 Å². The first-order valence-electron chi connectivity index (χ1n) is 9.25. The second kappa shape index (κ2) is 7.81. The molecule has 2 aromatic rings. The van der Waals surface area contributed by atoms with Crippen LogP contribution in [0.1, 0.15) is 48.1 Å². The van der Waals surface area contributed by atoms with E-state index in [-0.39, 0.29) is 12.1 Å². The Morgan fingerprint density at radius 2 is 2.00 bits per heavy atom. The van der Waals surface area contributed by atoms with Gasteiger partial charge < -0.3 is 15.0 Å². The number of amides is 2. The van der Waals surface area contributed by atoms with Gasteiger partial charge >= 0.3 is 6.03 Å². The summed E-state index contributed by atoms with van der Waals surface area (Å²) in [7, 11) is 1.66. The van der Waals surface area contributed by atoms with Crippen LogP contribution < -0.4 is 10.1 Å². The van der Waals surface area contributed by atoms with Crippen LogP contribution in [0.4, 0.5) is 4.79 Å². The Balaban J connectivity index is 1.70. The van der Waals surface area contributed by atoms with Crippen LogP contribution in [-0.2, 0) is 6.54 Å². The van der Waals surface area contributed by atoms with E-state index >= 15 is 0 Å². The first-order chi connectivity index (χ1) is 12.5. The number of benzene rings is 2. The summed E-state index contributed by atoms with van der Waals surface area (Å²) < 4.78 is 5.30. The van der Waals surface area contributed by atoms with Crippen LogP contribution in [0.5, 0.6) is 5.75 Å². The van der Waals surface area contributed by atoms with E-state index in [1.807, 2.05) is 36.1 Å². The summed E-state index contributed by atoms with van der Waals surface area (Å²) in [6.45, 7) is 6.84. The van der Waals surface area contributed by atoms with Gasteiger partial charge in [0, 0.05) is 12.6 Å². The van der Waals surface area contributed by atoms with E-state index < -0.39 is 0 Å². The molecule has 0 aromatic heterocycles. The molecule has 1 aliphatic rings. The maximum absolute atomic E-state index is 12.9. The van der Waals surface area contributed by atoms with E-state index in [0.717, 1.165) is 24.2 Å². The molecule has 0 aliphatic heterocycles. The van der Waals surface area contributed by atoms with Gasteiger partial charge in [0.2, 0.25) is 0 Å². The highest BCUT2D eigenvalue weighted by Gasteiger charge is 2.33. The number of nitrogens with one attached hydrogen (secondary N) is 1. The average molecular weight is 352 g/mol. The second-order valence-corrected chi connectivity index (χ2v) is 7.24. The zero-order chi connectivity index (χ0) is 18.7. The van der Waals surface area contributed by atoms with E-state index in [4.69, 9.17) is 4.74 Å². The van der Waals surface area contributed by atoms with Gasteiger partial charge in [0.15, 0.2) is 0 Å². The monoisotopic (exact) mass is 352 g/mol. The number of nitrogens with zero attached hydrogens (tertiary/aromatic N) is 1. The Bertz CT molecular complexity index is 783. The van der Waals surface area contributed by atoms with Gasteiger partial charge in [-0.3, -0.25) is 0 Å². The number of aryl methyl sites for hydroxylation is 2. The van der Waals surface area contributed by atoms with Crippen molar-refractivity contribution in [2.24, 2.45) is 0 Å². The summed E-state index contributed by atoms with van der Waals surface area (Å²) >= 11 is 0. The molecule has 3 rings (SSSR count). The Morgan fingerprint density at radius 1 is 1.23 bits per heavy atom. The van der Waals surface area contributed by atoms with Crippen LogP contribution in [0.3, 0.4) is 0 Å². The Labute approximate surface area is 156 Å². The summed E-state index contributed by atoms with van der Waals surface area (Å²) in [5.74, 6) is 0.822. The van der Waals surface area contributed by atoms with Crippen molar-refractivity contribution in [3.63, 3.8) is 0 Å². The lowest BCUT2D eigenvalue weighted by molar-refractivity contribution is 0.188. The second-order valence-electron chi connectivity index (χ2n) is 7.24. The van der Waals surface area contributed by atoms with E-state index in [1.165, 1.54) is 16.7 Å². The molecule has 0 spiro atoms. The average Bonchev–Trinajstić information content (AvgIpc) is 3.44. The van der Waals surface area contributed by atoms with Gasteiger partial charge in [0.05, 0.1) is 13.2 Å². The fourth-order valence-corrected chi connectivity index (χ4v) is 3.38. The number of methoxy groups -OCH3 is 1. The third-order valence-electron chi connectivity index (χ3n) is 4.97. The third-order valence-corrected chi connectivity index (χ3v) is 4.97. The van der Waals surface area contributed by atoms with E-state index in [9.17, 15) is 4.79 Å². The number of ether oxygens (including phenoxy) is 1. The highest BCUT2D eigenvalue weighted by atomic mass is 16.5. The normalized spacial score (nSPS) is 14.6. The van der Waals surface area contributed by atoms with Crippen LogP contribution in [0, 0.1) is 13.8 Å². The van der Waals surface area contributed by atoms with Crippen molar-refractivity contribution in [3.8, 4) is 5.75 Å². The lowest BCUT2D eigenvalue weighted by Gasteiger charge is -2.26. The zero-order valence-electron chi connectivity index (χ0n) is 16.1. The van der Waals surface area contributed by atoms with E-state index in [2.05, 4.69) is 37.4 Å². The van der Waals surface area contributed by atoms with Gasteiger partial charge in [-0.2, -0.15) is 0 Å². The lowest BCUT2D eigenvalue weighted by Crippen LogP contribution is -2.42. The minimum Gasteiger partial charge on any atom is -0.497 e. The molecule has 2 aromatic carbocycles. The van der Waals surface area contributed by atoms with Crippen LogP contribution in [0.15, 0.2) is 42.5 Å². The number of carbonyl (C=O) groups is 1. The van der Waals surface area contributed by atoms with E-state index in [1.54, 1.807) is 7.11 Å². The molecule has 1 atom stereocenters. The molecule has 138 valence electrons. The summed E-state index contributed by atoms with van der Waals surface area (Å²) in [4.78, 5) is 14.9. The first-order valence-corrected chi connectivity index (χ1v) is 9.25. The minimum absolute atomic E-state index is 0.00259. The van der Waals surface area contributed by atoms with Crippen molar-refractivity contribution < 1.29 is 9.53 Å². The predicted molar refractivity (Wildman–Crippen MR) is 104 cm³/mol. The zero-order valence-corrected chi connectivity index (χ0v) is 16.1. The van der Waals surface area contributed by atoms with Crippen LogP contribution in [0.25, 0.3) is 0 Å². The van der Waals surface area contributed by atoms with Crippen molar-refractivity contribution in [2.75, 3.05) is 7.11 Å². The van der Waals surface area contributed by atoms with Gasteiger partial charge in [-0.1, -0.05) is 35.9 Å². The molecule has 1 unspecified atom stereocenters. The molecular weight excluding hydrogens is 324 g/mol. The largest absolute Gasteiger partial charge is 0.497 e. The molecule has 1 aliphatic carbocycles. The van der Waals surface area contributed by atoms with Crippen molar-refractivity contribution in [1.82, 2.24) is 10.2 Å². The SMILES string of the molecule is COc1cccc(CN(C(=O)NC(C)c2ccc(C)cc2C)C2CC2)c1. The van der Waals surface area contributed by atoms with Crippen molar-refractivity contribution >= 4 is 6.03 Å². The molecule has 2 amide bonds. The molecule has 4 nitrogen and oxygen atoms in total. The number of carbonyl (C=O) groups excluding carboxylic acids is 1. The summed E-state index contributed by atoms with van der Waals surface area (Å²) in [6, 6.07) is 14.6.